The Morgan fingerprint density at radius 3 is 2.94 bits per heavy atom. The molecule has 1 atom stereocenters. The minimum Gasteiger partial charge on any atom is -0.472 e. The van der Waals surface area contributed by atoms with Gasteiger partial charge in [0.25, 0.3) is 5.91 Å². The molecular formula is C12H13NO4. The lowest BCUT2D eigenvalue weighted by atomic mass is 10.1. The molecule has 90 valence electrons. The zero-order valence-corrected chi connectivity index (χ0v) is 9.13. The van der Waals surface area contributed by atoms with E-state index in [1.807, 2.05) is 0 Å². The quantitative estimate of drug-likeness (QED) is 0.827. The summed E-state index contributed by atoms with van der Waals surface area (Å²) in [5.41, 5.74) is 0.706. The normalized spacial score (nSPS) is 12.3. The van der Waals surface area contributed by atoms with Gasteiger partial charge in [-0.2, -0.15) is 0 Å². The molecule has 0 saturated heterocycles. The lowest BCUT2D eigenvalue weighted by Crippen LogP contribution is -2.25. The van der Waals surface area contributed by atoms with Gasteiger partial charge in [-0.25, -0.2) is 0 Å². The molecule has 0 radical (unpaired) electrons. The second-order valence-electron chi connectivity index (χ2n) is 3.59. The number of nitrogens with one attached hydrogen (secondary N) is 1. The first-order valence-electron chi connectivity index (χ1n) is 5.29. The fourth-order valence-corrected chi connectivity index (χ4v) is 1.45. The summed E-state index contributed by atoms with van der Waals surface area (Å²) < 4.78 is 9.80. The van der Waals surface area contributed by atoms with Gasteiger partial charge in [0.1, 0.15) is 0 Å². The number of carbonyl (C=O) groups excluding carboxylic acids is 1. The van der Waals surface area contributed by atoms with Gasteiger partial charge in [-0.15, -0.1) is 0 Å². The molecule has 0 aliphatic carbocycles. The van der Waals surface area contributed by atoms with Crippen molar-refractivity contribution < 1.29 is 18.7 Å². The highest BCUT2D eigenvalue weighted by Gasteiger charge is 2.11. The van der Waals surface area contributed by atoms with E-state index >= 15 is 0 Å². The molecule has 0 aliphatic rings. The van der Waals surface area contributed by atoms with Crippen LogP contribution in [0, 0.1) is 0 Å². The Labute approximate surface area is 98.0 Å². The number of amides is 1. The van der Waals surface area contributed by atoms with E-state index in [0.29, 0.717) is 18.5 Å². The molecule has 5 nitrogen and oxygen atoms in total. The van der Waals surface area contributed by atoms with Crippen molar-refractivity contribution >= 4 is 5.91 Å². The molecule has 1 unspecified atom stereocenters. The summed E-state index contributed by atoms with van der Waals surface area (Å²) in [6.45, 7) is 0.367. The summed E-state index contributed by atoms with van der Waals surface area (Å²) >= 11 is 0. The number of hydrogen-bond acceptors (Lipinski definition) is 4. The Morgan fingerprint density at radius 1 is 1.41 bits per heavy atom. The highest BCUT2D eigenvalue weighted by atomic mass is 16.3. The second-order valence-corrected chi connectivity index (χ2v) is 3.59. The molecule has 0 aliphatic heterocycles. The van der Waals surface area contributed by atoms with Gasteiger partial charge in [0, 0.05) is 12.1 Å². The van der Waals surface area contributed by atoms with Crippen molar-refractivity contribution in [2.75, 3.05) is 6.54 Å². The van der Waals surface area contributed by atoms with Gasteiger partial charge >= 0.3 is 0 Å². The Balaban J connectivity index is 1.75. The van der Waals surface area contributed by atoms with Crippen molar-refractivity contribution in [2.24, 2.45) is 0 Å². The molecule has 2 heterocycles. The third kappa shape index (κ3) is 2.98. The number of hydrogen-bond donors (Lipinski definition) is 2. The molecule has 0 spiro atoms. The molecule has 1 amide bonds. The van der Waals surface area contributed by atoms with E-state index < -0.39 is 6.10 Å². The van der Waals surface area contributed by atoms with Crippen LogP contribution in [-0.2, 0) is 0 Å². The van der Waals surface area contributed by atoms with Crippen molar-refractivity contribution in [3.05, 3.63) is 48.3 Å². The van der Waals surface area contributed by atoms with E-state index in [4.69, 9.17) is 8.83 Å². The van der Waals surface area contributed by atoms with Crippen molar-refractivity contribution in [1.29, 1.82) is 0 Å². The molecular weight excluding hydrogens is 222 g/mol. The van der Waals surface area contributed by atoms with Crippen LogP contribution in [0.25, 0.3) is 0 Å². The highest BCUT2D eigenvalue weighted by molar-refractivity contribution is 5.91. The molecule has 5 heteroatoms. The number of rotatable bonds is 5. The van der Waals surface area contributed by atoms with Gasteiger partial charge < -0.3 is 19.3 Å². The van der Waals surface area contributed by atoms with E-state index in [1.165, 1.54) is 18.8 Å². The second kappa shape index (κ2) is 5.36. The highest BCUT2D eigenvalue weighted by Crippen LogP contribution is 2.15. The van der Waals surface area contributed by atoms with Gasteiger partial charge in [0.05, 0.1) is 24.9 Å². The maximum absolute atomic E-state index is 11.5. The van der Waals surface area contributed by atoms with E-state index in [1.54, 1.807) is 18.2 Å². The zero-order chi connectivity index (χ0) is 12.1. The summed E-state index contributed by atoms with van der Waals surface area (Å²) in [6.07, 6.45) is 4.21. The van der Waals surface area contributed by atoms with Crippen molar-refractivity contribution in [3.8, 4) is 0 Å². The number of furan rings is 2. The zero-order valence-electron chi connectivity index (χ0n) is 9.13. The molecule has 2 rings (SSSR count). The topological polar surface area (TPSA) is 75.6 Å². The van der Waals surface area contributed by atoms with Crippen LogP contribution in [0.2, 0.25) is 0 Å². The number of carbonyl (C=O) groups is 1. The third-order valence-corrected chi connectivity index (χ3v) is 2.38. The smallest absolute Gasteiger partial charge is 0.286 e. The molecule has 0 bridgehead atoms. The van der Waals surface area contributed by atoms with Crippen molar-refractivity contribution in [2.45, 2.75) is 12.5 Å². The fraction of sp³-hybridized carbons (Fsp3) is 0.250. The van der Waals surface area contributed by atoms with E-state index in [2.05, 4.69) is 5.32 Å². The largest absolute Gasteiger partial charge is 0.472 e. The van der Waals surface area contributed by atoms with Crippen LogP contribution in [0.5, 0.6) is 0 Å². The molecule has 2 aromatic heterocycles. The van der Waals surface area contributed by atoms with Crippen LogP contribution in [0.4, 0.5) is 0 Å². The first-order chi connectivity index (χ1) is 8.27. The average Bonchev–Trinajstić information content (AvgIpc) is 3.02. The minimum atomic E-state index is -0.634. The predicted molar refractivity (Wildman–Crippen MR) is 59.3 cm³/mol. The van der Waals surface area contributed by atoms with Crippen LogP contribution >= 0.6 is 0 Å². The Kier molecular flexibility index (Phi) is 3.62. The van der Waals surface area contributed by atoms with Gasteiger partial charge in [-0.05, 0) is 24.6 Å². The Bertz CT molecular complexity index is 447. The minimum absolute atomic E-state index is 0.266. The summed E-state index contributed by atoms with van der Waals surface area (Å²) in [7, 11) is 0. The van der Waals surface area contributed by atoms with Gasteiger partial charge in [-0.3, -0.25) is 4.79 Å². The van der Waals surface area contributed by atoms with Gasteiger partial charge in [0.2, 0.25) is 0 Å². The van der Waals surface area contributed by atoms with Crippen molar-refractivity contribution in [3.63, 3.8) is 0 Å². The molecule has 0 aromatic carbocycles. The lowest BCUT2D eigenvalue weighted by Gasteiger charge is -2.08. The Hall–Kier alpha value is -2.01. The molecule has 0 saturated carbocycles. The van der Waals surface area contributed by atoms with Crippen LogP contribution in [0.15, 0.2) is 45.8 Å². The SMILES string of the molecule is O=C(NCCC(O)c1ccoc1)c1ccco1. The standard InChI is InChI=1S/C12H13NO4/c14-10(9-4-7-16-8-9)3-5-13-12(15)11-2-1-6-17-11/h1-2,4,6-8,10,14H,3,5H2,(H,13,15). The van der Waals surface area contributed by atoms with E-state index in [0.717, 1.165) is 0 Å². The third-order valence-electron chi connectivity index (χ3n) is 2.38. The van der Waals surface area contributed by atoms with Crippen LogP contribution in [0.1, 0.15) is 28.6 Å². The van der Waals surface area contributed by atoms with Crippen LogP contribution in [0.3, 0.4) is 0 Å². The fourth-order valence-electron chi connectivity index (χ4n) is 1.45. The molecule has 17 heavy (non-hydrogen) atoms. The lowest BCUT2D eigenvalue weighted by molar-refractivity contribution is 0.0915. The molecule has 0 fully saturated rings. The van der Waals surface area contributed by atoms with Gasteiger partial charge in [-0.1, -0.05) is 0 Å². The maximum atomic E-state index is 11.5. The Morgan fingerprint density at radius 2 is 2.29 bits per heavy atom. The monoisotopic (exact) mass is 235 g/mol. The molecule has 2 N–H and O–H groups in total. The van der Waals surface area contributed by atoms with Gasteiger partial charge in [0.15, 0.2) is 5.76 Å². The maximum Gasteiger partial charge on any atom is 0.286 e. The summed E-state index contributed by atoms with van der Waals surface area (Å²) in [5.74, 6) is -0.0165. The number of aliphatic hydroxyl groups is 1. The predicted octanol–water partition coefficient (Wildman–Crippen LogP) is 1.73. The van der Waals surface area contributed by atoms with Crippen LogP contribution in [-0.4, -0.2) is 17.6 Å². The van der Waals surface area contributed by atoms with Crippen LogP contribution < -0.4 is 5.32 Å². The first-order valence-corrected chi connectivity index (χ1v) is 5.29. The summed E-state index contributed by atoms with van der Waals surface area (Å²) in [6, 6.07) is 4.93. The van der Waals surface area contributed by atoms with E-state index in [9.17, 15) is 9.90 Å². The number of aliphatic hydroxyl groups excluding tert-OH is 1. The summed E-state index contributed by atoms with van der Waals surface area (Å²) in [5, 5.41) is 12.4. The average molecular weight is 235 g/mol. The van der Waals surface area contributed by atoms with E-state index in [-0.39, 0.29) is 11.7 Å². The summed E-state index contributed by atoms with van der Waals surface area (Å²) in [4.78, 5) is 11.5. The van der Waals surface area contributed by atoms with Crippen molar-refractivity contribution in [1.82, 2.24) is 5.32 Å². The first kappa shape index (κ1) is 11.5. The molecule has 2 aromatic rings.